The molecule has 5 heteroatoms. The number of amides is 2. The van der Waals surface area contributed by atoms with Crippen molar-refractivity contribution in [2.75, 3.05) is 18.0 Å². The van der Waals surface area contributed by atoms with Crippen molar-refractivity contribution in [2.24, 2.45) is 5.92 Å². The maximum atomic E-state index is 13.4. The van der Waals surface area contributed by atoms with Gasteiger partial charge in [-0.1, -0.05) is 47.5 Å². The molecule has 3 heterocycles. The van der Waals surface area contributed by atoms with Crippen molar-refractivity contribution in [3.63, 3.8) is 0 Å². The van der Waals surface area contributed by atoms with Gasteiger partial charge in [0.05, 0.1) is 17.6 Å². The Hall–Kier alpha value is -2.50. The lowest BCUT2D eigenvalue weighted by Crippen LogP contribution is -2.44. The molecule has 5 rings (SSSR count). The van der Waals surface area contributed by atoms with Crippen LogP contribution < -0.4 is 4.90 Å². The van der Waals surface area contributed by atoms with Gasteiger partial charge in [-0.25, -0.2) is 14.9 Å². The molecule has 0 bridgehead atoms. The highest BCUT2D eigenvalue weighted by atomic mass is 16.2. The molecule has 0 unspecified atom stereocenters. The third-order valence-electron chi connectivity index (χ3n) is 6.12. The second kappa shape index (κ2) is 6.01. The van der Waals surface area contributed by atoms with Gasteiger partial charge in [0.25, 0.3) is 5.91 Å². The zero-order chi connectivity index (χ0) is 18.7. The van der Waals surface area contributed by atoms with Gasteiger partial charge in [-0.3, -0.25) is 9.59 Å². The number of imide groups is 1. The molecule has 3 fully saturated rings. The van der Waals surface area contributed by atoms with E-state index in [1.807, 2.05) is 31.2 Å². The molecule has 2 aromatic carbocycles. The second-order valence-corrected chi connectivity index (χ2v) is 7.85. The summed E-state index contributed by atoms with van der Waals surface area (Å²) in [5.41, 5.74) is 4.10. The van der Waals surface area contributed by atoms with Crippen LogP contribution in [0.25, 0.3) is 0 Å². The average Bonchev–Trinajstić information content (AvgIpc) is 3.30. The van der Waals surface area contributed by atoms with Gasteiger partial charge in [-0.2, -0.15) is 0 Å². The number of hydrogen-bond acceptors (Lipinski definition) is 4. The molecule has 0 aliphatic carbocycles. The highest BCUT2D eigenvalue weighted by Crippen LogP contribution is 2.48. The lowest BCUT2D eigenvalue weighted by atomic mass is 9.89. The number of anilines is 1. The van der Waals surface area contributed by atoms with Crippen molar-refractivity contribution in [1.29, 1.82) is 0 Å². The van der Waals surface area contributed by atoms with Crippen LogP contribution in [0.4, 0.5) is 5.69 Å². The van der Waals surface area contributed by atoms with E-state index in [4.69, 9.17) is 0 Å². The molecule has 3 atom stereocenters. The van der Waals surface area contributed by atoms with Crippen LogP contribution in [0.15, 0.2) is 48.5 Å². The summed E-state index contributed by atoms with van der Waals surface area (Å²) in [6.45, 7) is 5.80. The Balaban J connectivity index is 1.57. The van der Waals surface area contributed by atoms with Gasteiger partial charge in [-0.15, -0.1) is 0 Å². The fourth-order valence-electron chi connectivity index (χ4n) is 4.83. The van der Waals surface area contributed by atoms with Crippen molar-refractivity contribution in [2.45, 2.75) is 32.4 Å². The Bertz CT molecular complexity index is 906. The van der Waals surface area contributed by atoms with Crippen LogP contribution >= 0.6 is 0 Å². The largest absolute Gasteiger partial charge is 0.274 e. The van der Waals surface area contributed by atoms with Crippen LogP contribution in [0, 0.1) is 19.8 Å². The minimum atomic E-state index is -0.382. The summed E-state index contributed by atoms with van der Waals surface area (Å²) in [7, 11) is 0. The summed E-state index contributed by atoms with van der Waals surface area (Å²) < 4.78 is 0. The van der Waals surface area contributed by atoms with E-state index >= 15 is 0 Å². The Morgan fingerprint density at radius 3 is 1.93 bits per heavy atom. The summed E-state index contributed by atoms with van der Waals surface area (Å²) >= 11 is 0. The Labute approximate surface area is 159 Å². The zero-order valence-corrected chi connectivity index (χ0v) is 15.6. The number of carbonyl (C=O) groups is 2. The van der Waals surface area contributed by atoms with E-state index < -0.39 is 0 Å². The molecular formula is C22H23N3O2. The maximum Gasteiger partial charge on any atom is 0.253 e. The van der Waals surface area contributed by atoms with Crippen LogP contribution in [0.3, 0.4) is 0 Å². The van der Waals surface area contributed by atoms with Gasteiger partial charge in [0.15, 0.2) is 0 Å². The van der Waals surface area contributed by atoms with E-state index in [1.54, 1.807) is 0 Å². The molecule has 0 saturated carbocycles. The first kappa shape index (κ1) is 16.7. The predicted molar refractivity (Wildman–Crippen MR) is 103 cm³/mol. The molecule has 5 nitrogen and oxygen atoms in total. The van der Waals surface area contributed by atoms with Gasteiger partial charge in [0.2, 0.25) is 5.91 Å². The van der Waals surface area contributed by atoms with Crippen LogP contribution in [-0.2, 0) is 9.59 Å². The lowest BCUT2D eigenvalue weighted by Gasteiger charge is -2.29. The summed E-state index contributed by atoms with van der Waals surface area (Å²) in [5, 5.41) is 4.39. The standard InChI is InChI=1S/C22H23N3O2/c1-14-4-8-16(9-5-14)19-18-20(24-13-3-12-23(19)24)22(27)25(21(18)26)17-10-6-15(2)7-11-17/h4-11,18-20H,3,12-13H2,1-2H3/t18-,19+,20-/m0/s1. The monoisotopic (exact) mass is 361 g/mol. The molecule has 0 aromatic heterocycles. The van der Waals surface area contributed by atoms with E-state index in [0.29, 0.717) is 5.69 Å². The van der Waals surface area contributed by atoms with Crippen LogP contribution in [-0.4, -0.2) is 41.0 Å². The van der Waals surface area contributed by atoms with Crippen molar-refractivity contribution in [1.82, 2.24) is 10.0 Å². The minimum Gasteiger partial charge on any atom is -0.274 e. The third kappa shape index (κ3) is 2.38. The lowest BCUT2D eigenvalue weighted by molar-refractivity contribution is -0.126. The highest BCUT2D eigenvalue weighted by molar-refractivity contribution is 6.24. The van der Waals surface area contributed by atoms with Gasteiger partial charge in [0, 0.05) is 13.1 Å². The van der Waals surface area contributed by atoms with E-state index in [-0.39, 0.29) is 29.8 Å². The van der Waals surface area contributed by atoms with Crippen molar-refractivity contribution >= 4 is 17.5 Å². The van der Waals surface area contributed by atoms with Crippen molar-refractivity contribution < 1.29 is 9.59 Å². The number of carbonyl (C=O) groups excluding carboxylic acids is 2. The highest BCUT2D eigenvalue weighted by Gasteiger charge is 2.62. The van der Waals surface area contributed by atoms with E-state index in [0.717, 1.165) is 30.6 Å². The topological polar surface area (TPSA) is 43.9 Å². The quantitative estimate of drug-likeness (QED) is 0.772. The van der Waals surface area contributed by atoms with Crippen LogP contribution in [0.5, 0.6) is 0 Å². The first-order chi connectivity index (χ1) is 13.1. The molecule has 2 amide bonds. The summed E-state index contributed by atoms with van der Waals surface area (Å²) in [4.78, 5) is 28.1. The van der Waals surface area contributed by atoms with Crippen molar-refractivity contribution in [3.05, 3.63) is 65.2 Å². The second-order valence-electron chi connectivity index (χ2n) is 7.85. The van der Waals surface area contributed by atoms with Crippen molar-refractivity contribution in [3.8, 4) is 0 Å². The van der Waals surface area contributed by atoms with E-state index in [9.17, 15) is 9.59 Å². The fraction of sp³-hybridized carbons (Fsp3) is 0.364. The molecule has 138 valence electrons. The molecule has 0 N–H and O–H groups in total. The Morgan fingerprint density at radius 1 is 0.741 bits per heavy atom. The number of fused-ring (bicyclic) bond motifs is 3. The molecule has 3 aliphatic rings. The molecule has 3 saturated heterocycles. The number of hydrogen-bond donors (Lipinski definition) is 0. The fourth-order valence-corrected chi connectivity index (χ4v) is 4.83. The SMILES string of the molecule is Cc1ccc([C@@H]2[C@@H]3C(=O)N(c4ccc(C)cc4)C(=O)[C@H]3N3CCCN23)cc1. The molecule has 2 aromatic rings. The predicted octanol–water partition coefficient (Wildman–Crippen LogP) is 2.84. The third-order valence-corrected chi connectivity index (χ3v) is 6.12. The number of benzene rings is 2. The first-order valence-electron chi connectivity index (χ1n) is 9.60. The van der Waals surface area contributed by atoms with E-state index in [2.05, 4.69) is 41.2 Å². The first-order valence-corrected chi connectivity index (χ1v) is 9.60. The average molecular weight is 361 g/mol. The maximum absolute atomic E-state index is 13.4. The number of aryl methyl sites for hydroxylation is 2. The number of rotatable bonds is 2. The van der Waals surface area contributed by atoms with Crippen LogP contribution in [0.1, 0.15) is 29.2 Å². The number of hydrazine groups is 1. The smallest absolute Gasteiger partial charge is 0.253 e. The molecule has 0 radical (unpaired) electrons. The molecule has 27 heavy (non-hydrogen) atoms. The summed E-state index contributed by atoms with van der Waals surface area (Å²) in [6, 6.07) is 15.6. The van der Waals surface area contributed by atoms with Gasteiger partial charge >= 0.3 is 0 Å². The molecular weight excluding hydrogens is 338 g/mol. The summed E-state index contributed by atoms with van der Waals surface area (Å²) in [5.74, 6) is -0.508. The normalized spacial score (nSPS) is 28.1. The van der Waals surface area contributed by atoms with E-state index in [1.165, 1.54) is 10.5 Å². The Kier molecular flexibility index (Phi) is 3.71. The van der Waals surface area contributed by atoms with Gasteiger partial charge < -0.3 is 0 Å². The van der Waals surface area contributed by atoms with Gasteiger partial charge in [-0.05, 0) is 38.0 Å². The zero-order valence-electron chi connectivity index (χ0n) is 15.6. The van der Waals surface area contributed by atoms with Crippen LogP contribution in [0.2, 0.25) is 0 Å². The summed E-state index contributed by atoms with van der Waals surface area (Å²) in [6.07, 6.45) is 1.03. The number of nitrogens with zero attached hydrogens (tertiary/aromatic N) is 3. The minimum absolute atomic E-state index is 0.0648. The molecule has 0 spiro atoms. The Morgan fingerprint density at radius 2 is 1.30 bits per heavy atom. The molecule has 3 aliphatic heterocycles. The van der Waals surface area contributed by atoms with Gasteiger partial charge in [0.1, 0.15) is 6.04 Å².